The van der Waals surface area contributed by atoms with Gasteiger partial charge < -0.3 is 9.32 Å². The van der Waals surface area contributed by atoms with E-state index in [0.717, 1.165) is 26.8 Å². The molecule has 3 heteroatoms. The maximum absolute atomic E-state index is 5.87. The zero-order chi connectivity index (χ0) is 13.4. The largest absolute Gasteiger partial charge is 0.456 e. The van der Waals surface area contributed by atoms with Crippen LogP contribution in [0.1, 0.15) is 0 Å². The third kappa shape index (κ3) is 2.38. The lowest BCUT2D eigenvalue weighted by atomic mass is 10.1. The molecule has 0 amide bonds. The van der Waals surface area contributed by atoms with Crippen molar-refractivity contribution < 1.29 is 4.42 Å². The summed E-state index contributed by atoms with van der Waals surface area (Å²) in [6, 6.07) is 16.5. The molecule has 96 valence electrons. The first-order valence-electron chi connectivity index (χ1n) is 6.10. The van der Waals surface area contributed by atoms with E-state index >= 15 is 0 Å². The Morgan fingerprint density at radius 2 is 1.68 bits per heavy atom. The quantitative estimate of drug-likeness (QED) is 0.666. The van der Waals surface area contributed by atoms with Gasteiger partial charge in [0.1, 0.15) is 11.3 Å². The van der Waals surface area contributed by atoms with Crippen LogP contribution in [0.25, 0.3) is 22.3 Å². The lowest BCUT2D eigenvalue weighted by Crippen LogP contribution is -2.07. The predicted octanol–water partition coefficient (Wildman–Crippen LogP) is 4.93. The van der Waals surface area contributed by atoms with Gasteiger partial charge in [0.25, 0.3) is 0 Å². The first-order valence-corrected chi connectivity index (χ1v) is 6.90. The zero-order valence-corrected chi connectivity index (χ0v) is 12.4. The highest BCUT2D eigenvalue weighted by Crippen LogP contribution is 2.30. The van der Waals surface area contributed by atoms with Gasteiger partial charge >= 0.3 is 0 Å². The average Bonchev–Trinajstić information content (AvgIpc) is 2.81. The number of benzene rings is 2. The van der Waals surface area contributed by atoms with Crippen LogP contribution in [0.5, 0.6) is 0 Å². The number of furan rings is 1. The van der Waals surface area contributed by atoms with Crippen molar-refractivity contribution in [1.82, 2.24) is 0 Å². The molecule has 0 saturated heterocycles. The van der Waals surface area contributed by atoms with Gasteiger partial charge in [-0.05, 0) is 48.5 Å². The van der Waals surface area contributed by atoms with E-state index in [2.05, 4.69) is 57.2 Å². The molecule has 0 N–H and O–H groups in total. The molecular formula is C16H14BrNO. The number of rotatable bonds is 2. The molecule has 0 saturated carbocycles. The molecule has 0 aliphatic heterocycles. The Kier molecular flexibility index (Phi) is 3.07. The molecule has 3 aromatic rings. The Morgan fingerprint density at radius 3 is 2.37 bits per heavy atom. The van der Waals surface area contributed by atoms with Gasteiger partial charge in [0.05, 0.1) is 0 Å². The third-order valence-corrected chi connectivity index (χ3v) is 3.64. The topological polar surface area (TPSA) is 16.4 Å². The van der Waals surface area contributed by atoms with Gasteiger partial charge in [-0.15, -0.1) is 0 Å². The molecule has 2 nitrogen and oxygen atoms in total. The monoisotopic (exact) mass is 315 g/mol. The average molecular weight is 316 g/mol. The number of nitrogens with zero attached hydrogens (tertiary/aromatic N) is 1. The highest BCUT2D eigenvalue weighted by Gasteiger charge is 2.06. The SMILES string of the molecule is CN(C)c1ccc(-c2cc3cc(Br)ccc3o2)cc1. The van der Waals surface area contributed by atoms with Gasteiger partial charge in [0, 0.05) is 35.2 Å². The van der Waals surface area contributed by atoms with Gasteiger partial charge in [-0.3, -0.25) is 0 Å². The van der Waals surface area contributed by atoms with Crippen LogP contribution in [0, 0.1) is 0 Å². The fourth-order valence-corrected chi connectivity index (χ4v) is 2.46. The maximum atomic E-state index is 5.87. The molecule has 0 fully saturated rings. The zero-order valence-electron chi connectivity index (χ0n) is 10.9. The summed E-state index contributed by atoms with van der Waals surface area (Å²) in [6.07, 6.45) is 0. The fraction of sp³-hybridized carbons (Fsp3) is 0.125. The molecule has 0 atom stereocenters. The third-order valence-electron chi connectivity index (χ3n) is 3.15. The van der Waals surface area contributed by atoms with Crippen molar-refractivity contribution >= 4 is 32.6 Å². The Bertz CT molecular complexity index is 713. The molecule has 3 rings (SSSR count). The maximum Gasteiger partial charge on any atom is 0.135 e. The number of fused-ring (bicyclic) bond motifs is 1. The Morgan fingerprint density at radius 1 is 0.947 bits per heavy atom. The van der Waals surface area contributed by atoms with Gasteiger partial charge in [0.15, 0.2) is 0 Å². The first kappa shape index (κ1) is 12.3. The smallest absolute Gasteiger partial charge is 0.135 e. The van der Waals surface area contributed by atoms with Crippen LogP contribution in [0.3, 0.4) is 0 Å². The lowest BCUT2D eigenvalue weighted by Gasteiger charge is -2.11. The van der Waals surface area contributed by atoms with E-state index in [1.54, 1.807) is 0 Å². The number of halogens is 1. The molecule has 2 aromatic carbocycles. The van der Waals surface area contributed by atoms with E-state index in [1.165, 1.54) is 5.69 Å². The molecule has 0 spiro atoms. The number of anilines is 1. The van der Waals surface area contributed by atoms with E-state index in [0.29, 0.717) is 0 Å². The van der Waals surface area contributed by atoms with Crippen molar-refractivity contribution in [2.24, 2.45) is 0 Å². The van der Waals surface area contributed by atoms with Gasteiger partial charge in [0.2, 0.25) is 0 Å². The summed E-state index contributed by atoms with van der Waals surface area (Å²) in [5.41, 5.74) is 3.19. The van der Waals surface area contributed by atoms with Crippen LogP contribution in [-0.4, -0.2) is 14.1 Å². The van der Waals surface area contributed by atoms with Gasteiger partial charge in [-0.2, -0.15) is 0 Å². The summed E-state index contributed by atoms with van der Waals surface area (Å²) in [4.78, 5) is 2.08. The second kappa shape index (κ2) is 4.74. The standard InChI is InChI=1S/C16H14BrNO/c1-18(2)14-6-3-11(4-7-14)16-10-12-9-13(17)5-8-15(12)19-16/h3-10H,1-2H3. The minimum atomic E-state index is 0.901. The highest BCUT2D eigenvalue weighted by molar-refractivity contribution is 9.10. The minimum absolute atomic E-state index is 0.901. The van der Waals surface area contributed by atoms with Crippen LogP contribution in [0.4, 0.5) is 5.69 Å². The van der Waals surface area contributed by atoms with Crippen molar-refractivity contribution in [2.75, 3.05) is 19.0 Å². The molecule has 0 unspecified atom stereocenters. The summed E-state index contributed by atoms with van der Waals surface area (Å²) in [5, 5.41) is 1.11. The van der Waals surface area contributed by atoms with Gasteiger partial charge in [-0.1, -0.05) is 15.9 Å². The second-order valence-corrected chi connectivity index (χ2v) is 5.65. The van der Waals surface area contributed by atoms with E-state index in [9.17, 15) is 0 Å². The van der Waals surface area contributed by atoms with Crippen molar-refractivity contribution in [1.29, 1.82) is 0 Å². The van der Waals surface area contributed by atoms with E-state index in [-0.39, 0.29) is 0 Å². The summed E-state index contributed by atoms with van der Waals surface area (Å²) >= 11 is 3.48. The molecule has 1 aromatic heterocycles. The minimum Gasteiger partial charge on any atom is -0.456 e. The van der Waals surface area contributed by atoms with Crippen LogP contribution in [0.15, 0.2) is 57.4 Å². The van der Waals surface area contributed by atoms with Gasteiger partial charge in [-0.25, -0.2) is 0 Å². The summed E-state index contributed by atoms with van der Waals surface area (Å²) in [7, 11) is 4.07. The molecule has 0 bridgehead atoms. The van der Waals surface area contributed by atoms with Crippen molar-refractivity contribution in [3.8, 4) is 11.3 Å². The lowest BCUT2D eigenvalue weighted by molar-refractivity contribution is 0.631. The highest BCUT2D eigenvalue weighted by atomic mass is 79.9. The Labute approximate surface area is 120 Å². The van der Waals surface area contributed by atoms with Crippen molar-refractivity contribution in [3.05, 3.63) is 53.0 Å². The van der Waals surface area contributed by atoms with E-state index < -0.39 is 0 Å². The normalized spacial score (nSPS) is 10.9. The van der Waals surface area contributed by atoms with Crippen molar-refractivity contribution in [2.45, 2.75) is 0 Å². The molecule has 1 heterocycles. The Hall–Kier alpha value is -1.74. The fourth-order valence-electron chi connectivity index (χ4n) is 2.08. The van der Waals surface area contributed by atoms with E-state index in [4.69, 9.17) is 4.42 Å². The first-order chi connectivity index (χ1) is 9.13. The molecule has 0 aliphatic carbocycles. The van der Waals surface area contributed by atoms with Crippen molar-refractivity contribution in [3.63, 3.8) is 0 Å². The molecule has 0 aliphatic rings. The number of hydrogen-bond donors (Lipinski definition) is 0. The summed E-state index contributed by atoms with van der Waals surface area (Å²) in [6.45, 7) is 0. The van der Waals surface area contributed by atoms with Crippen LogP contribution >= 0.6 is 15.9 Å². The molecule has 0 radical (unpaired) electrons. The molecular weight excluding hydrogens is 302 g/mol. The summed E-state index contributed by atoms with van der Waals surface area (Å²) < 4.78 is 6.94. The molecule has 19 heavy (non-hydrogen) atoms. The Balaban J connectivity index is 2.03. The predicted molar refractivity (Wildman–Crippen MR) is 83.7 cm³/mol. The van der Waals surface area contributed by atoms with Crippen LogP contribution < -0.4 is 4.90 Å². The van der Waals surface area contributed by atoms with E-state index in [1.807, 2.05) is 26.2 Å². The number of hydrogen-bond acceptors (Lipinski definition) is 2. The second-order valence-electron chi connectivity index (χ2n) is 4.73. The van der Waals surface area contributed by atoms with Crippen LogP contribution in [-0.2, 0) is 0 Å². The van der Waals surface area contributed by atoms with Crippen LogP contribution in [0.2, 0.25) is 0 Å². The summed E-state index contributed by atoms with van der Waals surface area (Å²) in [5.74, 6) is 0.901.